The number of non-ortho nitro benzene ring substituents is 1. The normalized spacial score (nSPS) is 18.0. The van der Waals surface area contributed by atoms with Crippen molar-refractivity contribution in [3.05, 3.63) is 34.5 Å². The average Bonchev–Trinajstić information content (AvgIpc) is 2.90. The van der Waals surface area contributed by atoms with Crippen LogP contribution in [0.15, 0.2) is 24.4 Å². The third kappa shape index (κ3) is 2.80. The molecule has 3 rings (SSSR count). The topological polar surface area (TPSA) is 70.2 Å². The average molecular weight is 354 g/mol. The van der Waals surface area contributed by atoms with Crippen LogP contribution >= 0.6 is 15.9 Å². The lowest BCUT2D eigenvalue weighted by Crippen LogP contribution is -2.35. The fourth-order valence-corrected chi connectivity index (χ4v) is 3.49. The van der Waals surface area contributed by atoms with Gasteiger partial charge >= 0.3 is 0 Å². The standard InChI is InChI=1S/C14H16BrN3O3/c15-9-14(3-5-21-6-4-14)10-17-13-7-12(18(19)20)2-1-11(13)8-16-17/h1-2,7-8H,3-6,9-10H2. The molecule has 0 saturated carbocycles. The number of hydrogen-bond donors (Lipinski definition) is 0. The van der Waals surface area contributed by atoms with Crippen LogP contribution in [0.1, 0.15) is 12.8 Å². The van der Waals surface area contributed by atoms with Gasteiger partial charge in [-0.25, -0.2) is 0 Å². The van der Waals surface area contributed by atoms with Crippen LogP contribution in [-0.4, -0.2) is 33.2 Å². The molecule has 0 radical (unpaired) electrons. The van der Waals surface area contributed by atoms with E-state index in [2.05, 4.69) is 21.0 Å². The molecule has 2 aromatic rings. The summed E-state index contributed by atoms with van der Waals surface area (Å²) in [4.78, 5) is 10.6. The van der Waals surface area contributed by atoms with E-state index < -0.39 is 0 Å². The largest absolute Gasteiger partial charge is 0.381 e. The molecule has 112 valence electrons. The molecule has 1 aliphatic rings. The fourth-order valence-electron chi connectivity index (χ4n) is 2.75. The fraction of sp³-hybridized carbons (Fsp3) is 0.500. The van der Waals surface area contributed by atoms with Crippen LogP contribution in [0.3, 0.4) is 0 Å². The Balaban J connectivity index is 1.96. The molecular formula is C14H16BrN3O3. The summed E-state index contributed by atoms with van der Waals surface area (Å²) in [5.74, 6) is 0. The Morgan fingerprint density at radius 1 is 1.43 bits per heavy atom. The van der Waals surface area contributed by atoms with E-state index in [0.29, 0.717) is 0 Å². The van der Waals surface area contributed by atoms with Crippen LogP contribution < -0.4 is 0 Å². The number of alkyl halides is 1. The Morgan fingerprint density at radius 3 is 2.86 bits per heavy atom. The predicted molar refractivity (Wildman–Crippen MR) is 82.7 cm³/mol. The summed E-state index contributed by atoms with van der Waals surface area (Å²) in [5, 5.41) is 17.2. The molecule has 7 heteroatoms. The zero-order valence-corrected chi connectivity index (χ0v) is 13.1. The third-order valence-electron chi connectivity index (χ3n) is 4.16. The molecule has 0 bridgehead atoms. The van der Waals surface area contributed by atoms with Crippen molar-refractivity contribution in [3.63, 3.8) is 0 Å². The smallest absolute Gasteiger partial charge is 0.271 e. The summed E-state index contributed by atoms with van der Waals surface area (Å²) in [7, 11) is 0. The van der Waals surface area contributed by atoms with Crippen molar-refractivity contribution in [1.82, 2.24) is 9.78 Å². The highest BCUT2D eigenvalue weighted by molar-refractivity contribution is 9.09. The minimum Gasteiger partial charge on any atom is -0.381 e. The summed E-state index contributed by atoms with van der Waals surface area (Å²) < 4.78 is 7.33. The minimum atomic E-state index is -0.370. The molecule has 0 amide bonds. The molecule has 0 spiro atoms. The Bertz CT molecular complexity index is 665. The van der Waals surface area contributed by atoms with Crippen LogP contribution in [0.25, 0.3) is 10.9 Å². The van der Waals surface area contributed by atoms with Crippen LogP contribution in [-0.2, 0) is 11.3 Å². The molecule has 1 fully saturated rings. The highest BCUT2D eigenvalue weighted by atomic mass is 79.9. The maximum atomic E-state index is 10.9. The van der Waals surface area contributed by atoms with E-state index in [1.807, 2.05) is 4.68 Å². The first kappa shape index (κ1) is 14.5. The lowest BCUT2D eigenvalue weighted by molar-refractivity contribution is -0.384. The molecule has 0 aliphatic carbocycles. The number of benzene rings is 1. The Hall–Kier alpha value is -1.47. The van der Waals surface area contributed by atoms with Crippen LogP contribution in [0.5, 0.6) is 0 Å². The number of hydrogen-bond acceptors (Lipinski definition) is 4. The molecule has 0 unspecified atom stereocenters. The first-order valence-corrected chi connectivity index (χ1v) is 7.99. The number of nitro benzene ring substituents is 1. The maximum absolute atomic E-state index is 10.9. The van der Waals surface area contributed by atoms with Gasteiger partial charge in [-0.05, 0) is 18.9 Å². The molecule has 1 aliphatic heterocycles. The molecule has 2 heterocycles. The Labute approximate surface area is 130 Å². The SMILES string of the molecule is O=[N+]([O-])c1ccc2cnn(CC3(CBr)CCOCC3)c2c1. The van der Waals surface area contributed by atoms with Crippen molar-refractivity contribution < 1.29 is 9.66 Å². The van der Waals surface area contributed by atoms with E-state index >= 15 is 0 Å². The highest BCUT2D eigenvalue weighted by Crippen LogP contribution is 2.35. The maximum Gasteiger partial charge on any atom is 0.271 e. The van der Waals surface area contributed by atoms with Crippen LogP contribution in [0.4, 0.5) is 5.69 Å². The molecule has 1 aromatic carbocycles. The molecule has 0 atom stereocenters. The van der Waals surface area contributed by atoms with E-state index in [4.69, 9.17) is 4.74 Å². The lowest BCUT2D eigenvalue weighted by Gasteiger charge is -2.35. The number of aromatic nitrogens is 2. The number of halogens is 1. The lowest BCUT2D eigenvalue weighted by atomic mass is 9.82. The van der Waals surface area contributed by atoms with Gasteiger partial charge in [0, 0.05) is 48.0 Å². The van der Waals surface area contributed by atoms with Crippen molar-refractivity contribution in [3.8, 4) is 0 Å². The van der Waals surface area contributed by atoms with Crippen LogP contribution in [0, 0.1) is 15.5 Å². The van der Waals surface area contributed by atoms with Crippen molar-refractivity contribution in [2.24, 2.45) is 5.41 Å². The second-order valence-electron chi connectivity index (χ2n) is 5.55. The first-order valence-electron chi connectivity index (χ1n) is 6.87. The number of ether oxygens (including phenoxy) is 1. The number of nitro groups is 1. The number of fused-ring (bicyclic) bond motifs is 1. The zero-order chi connectivity index (χ0) is 14.9. The molecule has 0 N–H and O–H groups in total. The van der Waals surface area contributed by atoms with Crippen molar-refractivity contribution >= 4 is 32.5 Å². The van der Waals surface area contributed by atoms with Crippen molar-refractivity contribution in [2.75, 3.05) is 18.5 Å². The summed E-state index contributed by atoms with van der Waals surface area (Å²) in [6.45, 7) is 2.25. The summed E-state index contributed by atoms with van der Waals surface area (Å²) in [6.07, 6.45) is 3.70. The quantitative estimate of drug-likeness (QED) is 0.481. The van der Waals surface area contributed by atoms with Crippen molar-refractivity contribution in [1.29, 1.82) is 0 Å². The predicted octanol–water partition coefficient (Wildman–Crippen LogP) is 3.14. The van der Waals surface area contributed by atoms with Crippen LogP contribution in [0.2, 0.25) is 0 Å². The third-order valence-corrected chi connectivity index (χ3v) is 5.35. The molecular weight excluding hydrogens is 338 g/mol. The van der Waals surface area contributed by atoms with Gasteiger partial charge in [-0.15, -0.1) is 0 Å². The van der Waals surface area contributed by atoms with Gasteiger partial charge in [-0.1, -0.05) is 15.9 Å². The molecule has 1 aromatic heterocycles. The minimum absolute atomic E-state index is 0.0990. The van der Waals surface area contributed by atoms with Gasteiger partial charge in [-0.3, -0.25) is 14.8 Å². The van der Waals surface area contributed by atoms with Gasteiger partial charge in [0.1, 0.15) is 0 Å². The van der Waals surface area contributed by atoms with Gasteiger partial charge < -0.3 is 4.74 Å². The van der Waals surface area contributed by atoms with E-state index in [1.165, 1.54) is 6.07 Å². The Morgan fingerprint density at radius 2 is 2.19 bits per heavy atom. The van der Waals surface area contributed by atoms with E-state index in [-0.39, 0.29) is 16.0 Å². The van der Waals surface area contributed by atoms with Gasteiger partial charge in [0.05, 0.1) is 16.6 Å². The second-order valence-corrected chi connectivity index (χ2v) is 6.11. The molecule has 6 nitrogen and oxygen atoms in total. The molecule has 21 heavy (non-hydrogen) atoms. The number of rotatable bonds is 4. The second kappa shape index (κ2) is 5.73. The summed E-state index contributed by atoms with van der Waals surface area (Å²) in [6, 6.07) is 4.87. The highest BCUT2D eigenvalue weighted by Gasteiger charge is 2.32. The van der Waals surface area contributed by atoms with Gasteiger partial charge in [0.2, 0.25) is 0 Å². The Kier molecular flexibility index (Phi) is 3.95. The van der Waals surface area contributed by atoms with Gasteiger partial charge in [0.15, 0.2) is 0 Å². The van der Waals surface area contributed by atoms with E-state index in [0.717, 1.165) is 48.8 Å². The summed E-state index contributed by atoms with van der Waals surface area (Å²) >= 11 is 3.61. The summed E-state index contributed by atoms with van der Waals surface area (Å²) in [5.41, 5.74) is 1.02. The van der Waals surface area contributed by atoms with Gasteiger partial charge in [0.25, 0.3) is 5.69 Å². The monoisotopic (exact) mass is 353 g/mol. The van der Waals surface area contributed by atoms with Gasteiger partial charge in [-0.2, -0.15) is 5.10 Å². The van der Waals surface area contributed by atoms with E-state index in [1.54, 1.807) is 18.3 Å². The zero-order valence-electron chi connectivity index (χ0n) is 11.5. The van der Waals surface area contributed by atoms with Crippen molar-refractivity contribution in [2.45, 2.75) is 19.4 Å². The first-order chi connectivity index (χ1) is 10.1. The van der Waals surface area contributed by atoms with E-state index in [9.17, 15) is 10.1 Å². The molecule has 1 saturated heterocycles. The number of nitrogens with zero attached hydrogens (tertiary/aromatic N) is 3.